The molecule has 0 aliphatic carbocycles. The van der Waals surface area contributed by atoms with E-state index in [4.69, 9.17) is 9.15 Å². The van der Waals surface area contributed by atoms with E-state index in [1.165, 1.54) is 11.3 Å². The summed E-state index contributed by atoms with van der Waals surface area (Å²) in [4.78, 5) is 27.1. The molecule has 2 aliphatic rings. The lowest BCUT2D eigenvalue weighted by Crippen LogP contribution is -2.37. The molecule has 0 spiro atoms. The summed E-state index contributed by atoms with van der Waals surface area (Å²) in [5.41, 5.74) is 0.683. The van der Waals surface area contributed by atoms with Crippen LogP contribution in [0.3, 0.4) is 0 Å². The summed E-state index contributed by atoms with van der Waals surface area (Å²) in [6.45, 7) is 1.33. The van der Waals surface area contributed by atoms with Gasteiger partial charge in [-0.1, -0.05) is 0 Å². The number of likely N-dealkylation sites (tertiary alicyclic amines) is 1. The average Bonchev–Trinajstić information content (AvgIpc) is 3.37. The average molecular weight is 346 g/mol. The molecule has 3 atom stereocenters. The van der Waals surface area contributed by atoms with Crippen LogP contribution < -0.4 is 5.32 Å². The van der Waals surface area contributed by atoms with Crippen LogP contribution in [-0.4, -0.2) is 42.0 Å². The van der Waals surface area contributed by atoms with Crippen molar-refractivity contribution in [2.24, 2.45) is 5.92 Å². The molecule has 4 rings (SSSR count). The van der Waals surface area contributed by atoms with Gasteiger partial charge in [0, 0.05) is 18.5 Å². The van der Waals surface area contributed by atoms with Crippen molar-refractivity contribution >= 4 is 23.2 Å². The van der Waals surface area contributed by atoms with Gasteiger partial charge in [-0.05, 0) is 30.0 Å². The highest BCUT2D eigenvalue weighted by Crippen LogP contribution is 2.34. The maximum absolute atomic E-state index is 12.7. The van der Waals surface area contributed by atoms with E-state index < -0.39 is 0 Å². The molecule has 2 saturated heterocycles. The first-order valence-corrected chi connectivity index (χ1v) is 8.93. The maximum Gasteiger partial charge on any atom is 0.255 e. The number of fused-ring (bicyclic) bond motifs is 1. The summed E-state index contributed by atoms with van der Waals surface area (Å²) < 4.78 is 11.0. The fourth-order valence-electron chi connectivity index (χ4n) is 3.51. The first-order valence-electron chi connectivity index (χ1n) is 7.99. The lowest BCUT2D eigenvalue weighted by Gasteiger charge is -2.21. The summed E-state index contributed by atoms with van der Waals surface area (Å²) in [6.07, 6.45) is 2.14. The van der Waals surface area contributed by atoms with Gasteiger partial charge in [0.05, 0.1) is 36.4 Å². The van der Waals surface area contributed by atoms with Gasteiger partial charge in [-0.15, -0.1) is 0 Å². The molecule has 7 heteroatoms. The Morgan fingerprint density at radius 2 is 2.29 bits per heavy atom. The maximum atomic E-state index is 12.7. The Morgan fingerprint density at radius 1 is 1.38 bits per heavy atom. The third-order valence-electron chi connectivity index (χ3n) is 4.68. The third-order valence-corrected chi connectivity index (χ3v) is 5.36. The van der Waals surface area contributed by atoms with E-state index in [-0.39, 0.29) is 29.9 Å². The van der Waals surface area contributed by atoms with E-state index in [1.54, 1.807) is 17.2 Å². The summed E-state index contributed by atoms with van der Waals surface area (Å²) in [6, 6.07) is 5.41. The van der Waals surface area contributed by atoms with Gasteiger partial charge in [-0.3, -0.25) is 9.59 Å². The van der Waals surface area contributed by atoms with Gasteiger partial charge in [0.25, 0.3) is 5.91 Å². The SMILES string of the molecule is O=C(NCc1ccco1)[C@@H]1CN(C(=O)c2ccsc2)[C@@H]2CCO[C@@H]21. The summed E-state index contributed by atoms with van der Waals surface area (Å²) >= 11 is 1.50. The van der Waals surface area contributed by atoms with Crippen LogP contribution in [0.2, 0.25) is 0 Å². The van der Waals surface area contributed by atoms with E-state index in [1.807, 2.05) is 22.9 Å². The molecule has 6 nitrogen and oxygen atoms in total. The lowest BCUT2D eigenvalue weighted by molar-refractivity contribution is -0.127. The quantitative estimate of drug-likeness (QED) is 0.918. The van der Waals surface area contributed by atoms with Crippen LogP contribution in [0.25, 0.3) is 0 Å². The van der Waals surface area contributed by atoms with E-state index in [2.05, 4.69) is 5.32 Å². The Hall–Kier alpha value is -2.12. The van der Waals surface area contributed by atoms with Crippen molar-refractivity contribution in [2.75, 3.05) is 13.2 Å². The number of nitrogens with zero attached hydrogens (tertiary/aromatic N) is 1. The molecule has 0 aromatic carbocycles. The van der Waals surface area contributed by atoms with Crippen LogP contribution in [0.4, 0.5) is 0 Å². The van der Waals surface area contributed by atoms with Gasteiger partial charge in [-0.25, -0.2) is 0 Å². The molecule has 24 heavy (non-hydrogen) atoms. The fraction of sp³-hybridized carbons (Fsp3) is 0.412. The highest BCUT2D eigenvalue weighted by molar-refractivity contribution is 7.08. The Morgan fingerprint density at radius 3 is 3.04 bits per heavy atom. The molecule has 0 radical (unpaired) electrons. The van der Waals surface area contributed by atoms with Crippen LogP contribution in [0.5, 0.6) is 0 Å². The number of amides is 2. The second-order valence-electron chi connectivity index (χ2n) is 6.06. The predicted octanol–water partition coefficient (Wildman–Crippen LogP) is 1.89. The molecule has 0 saturated carbocycles. The second kappa shape index (κ2) is 6.41. The van der Waals surface area contributed by atoms with Crippen molar-refractivity contribution in [3.63, 3.8) is 0 Å². The topological polar surface area (TPSA) is 71.8 Å². The lowest BCUT2D eigenvalue weighted by atomic mass is 10.0. The normalized spacial score (nSPS) is 25.7. The number of hydrogen-bond donors (Lipinski definition) is 1. The molecule has 2 amide bonds. The number of nitrogens with one attached hydrogen (secondary N) is 1. The summed E-state index contributed by atoms with van der Waals surface area (Å²) in [5, 5.41) is 6.62. The zero-order valence-electron chi connectivity index (χ0n) is 13.0. The predicted molar refractivity (Wildman–Crippen MR) is 87.5 cm³/mol. The smallest absolute Gasteiger partial charge is 0.255 e. The minimum Gasteiger partial charge on any atom is -0.467 e. The van der Waals surface area contributed by atoms with E-state index in [9.17, 15) is 9.59 Å². The van der Waals surface area contributed by atoms with Crippen molar-refractivity contribution in [1.82, 2.24) is 10.2 Å². The zero-order chi connectivity index (χ0) is 16.5. The highest BCUT2D eigenvalue weighted by atomic mass is 32.1. The molecule has 2 fully saturated rings. The molecule has 0 bridgehead atoms. The number of carbonyl (C=O) groups excluding carboxylic acids is 2. The number of carbonyl (C=O) groups is 2. The number of furan rings is 1. The van der Waals surface area contributed by atoms with Crippen molar-refractivity contribution in [2.45, 2.75) is 25.1 Å². The van der Waals surface area contributed by atoms with Gasteiger partial charge in [-0.2, -0.15) is 11.3 Å². The first-order chi connectivity index (χ1) is 11.7. The first kappa shape index (κ1) is 15.4. The molecule has 4 heterocycles. The molecule has 0 unspecified atom stereocenters. The van der Waals surface area contributed by atoms with Crippen molar-refractivity contribution < 1.29 is 18.7 Å². The Labute approximate surface area is 143 Å². The van der Waals surface area contributed by atoms with Crippen LogP contribution in [0.15, 0.2) is 39.6 Å². The summed E-state index contributed by atoms with van der Waals surface area (Å²) in [7, 11) is 0. The Kier molecular flexibility index (Phi) is 4.12. The monoisotopic (exact) mass is 346 g/mol. The Bertz CT molecular complexity index is 713. The standard InChI is InChI=1S/C17H18N2O4S/c20-16(18-8-12-2-1-5-22-12)13-9-19(14-3-6-23-15(13)14)17(21)11-4-7-24-10-11/h1-2,4-5,7,10,13-15H,3,6,8-9H2,(H,18,20)/t13-,14-,15-/m1/s1. The third kappa shape index (κ3) is 2.74. The number of thiophene rings is 1. The van der Waals surface area contributed by atoms with Gasteiger partial charge in [0.2, 0.25) is 5.91 Å². The highest BCUT2D eigenvalue weighted by Gasteiger charge is 2.50. The summed E-state index contributed by atoms with van der Waals surface area (Å²) in [5.74, 6) is 0.258. The van der Waals surface area contributed by atoms with E-state index >= 15 is 0 Å². The zero-order valence-corrected chi connectivity index (χ0v) is 13.8. The van der Waals surface area contributed by atoms with Crippen LogP contribution >= 0.6 is 11.3 Å². The minimum absolute atomic E-state index is 0.0157. The molecule has 2 aromatic rings. The molecule has 1 N–H and O–H groups in total. The van der Waals surface area contributed by atoms with Crippen LogP contribution in [-0.2, 0) is 16.1 Å². The van der Waals surface area contributed by atoms with Gasteiger partial charge in [0.1, 0.15) is 5.76 Å². The van der Waals surface area contributed by atoms with Gasteiger partial charge >= 0.3 is 0 Å². The van der Waals surface area contributed by atoms with Crippen LogP contribution in [0.1, 0.15) is 22.5 Å². The number of rotatable bonds is 4. The van der Waals surface area contributed by atoms with Gasteiger partial charge in [0.15, 0.2) is 0 Å². The molecular formula is C17H18N2O4S. The molecule has 2 aliphatic heterocycles. The molecule has 2 aromatic heterocycles. The molecular weight excluding hydrogens is 328 g/mol. The van der Waals surface area contributed by atoms with E-state index in [0.29, 0.717) is 31.0 Å². The number of hydrogen-bond acceptors (Lipinski definition) is 5. The fourth-order valence-corrected chi connectivity index (χ4v) is 4.13. The largest absolute Gasteiger partial charge is 0.467 e. The Balaban J connectivity index is 1.46. The molecule has 126 valence electrons. The second-order valence-corrected chi connectivity index (χ2v) is 6.84. The van der Waals surface area contributed by atoms with Crippen molar-refractivity contribution in [3.05, 3.63) is 46.5 Å². The van der Waals surface area contributed by atoms with Crippen molar-refractivity contribution in [3.8, 4) is 0 Å². The minimum atomic E-state index is -0.338. The van der Waals surface area contributed by atoms with Crippen molar-refractivity contribution in [1.29, 1.82) is 0 Å². The van der Waals surface area contributed by atoms with Crippen LogP contribution in [0, 0.1) is 5.92 Å². The van der Waals surface area contributed by atoms with E-state index in [0.717, 1.165) is 6.42 Å². The number of ether oxygens (including phenoxy) is 1. The van der Waals surface area contributed by atoms with Gasteiger partial charge < -0.3 is 19.4 Å².